The van der Waals surface area contributed by atoms with E-state index in [1.807, 2.05) is 12.1 Å². The van der Waals surface area contributed by atoms with E-state index in [0.29, 0.717) is 16.7 Å². The van der Waals surface area contributed by atoms with Crippen molar-refractivity contribution in [2.24, 2.45) is 0 Å². The second kappa shape index (κ2) is 5.02. The molecule has 1 rings (SSSR count). The lowest BCUT2D eigenvalue weighted by atomic mass is 9.97. The molecule has 0 saturated carbocycles. The zero-order valence-corrected chi connectivity index (χ0v) is 12.3. The van der Waals surface area contributed by atoms with E-state index in [4.69, 9.17) is 12.2 Å². The maximum absolute atomic E-state index is 9.29. The first-order chi connectivity index (χ1) is 8.77. The summed E-state index contributed by atoms with van der Waals surface area (Å²) in [6.45, 7) is 10.1. The maximum Gasteiger partial charge on any atom is 0.102 e. The normalized spacial score (nSPS) is 10.1. The first-order valence-corrected chi connectivity index (χ1v) is 9.21. The van der Waals surface area contributed by atoms with E-state index < -0.39 is 8.07 Å². The van der Waals surface area contributed by atoms with E-state index in [1.54, 1.807) is 0 Å². The van der Waals surface area contributed by atoms with E-state index >= 15 is 0 Å². The summed E-state index contributed by atoms with van der Waals surface area (Å²) in [5, 5.41) is 19.4. The lowest BCUT2D eigenvalue weighted by molar-refractivity contribution is 1.44. The van der Waals surface area contributed by atoms with Gasteiger partial charge in [0.2, 0.25) is 0 Å². The molecular formula is C15H15N3Si. The summed E-state index contributed by atoms with van der Waals surface area (Å²) in [6.07, 6.45) is 5.35. The molecule has 0 amide bonds. The minimum Gasteiger partial charge on any atom is -0.397 e. The van der Waals surface area contributed by atoms with Gasteiger partial charge in [-0.2, -0.15) is 10.5 Å². The van der Waals surface area contributed by atoms with Crippen molar-refractivity contribution >= 4 is 24.5 Å². The van der Waals surface area contributed by atoms with Gasteiger partial charge in [0.1, 0.15) is 12.1 Å². The Kier molecular flexibility index (Phi) is 3.85. The highest BCUT2D eigenvalue weighted by Gasteiger charge is 2.25. The standard InChI is InChI=1S/C15H15N3Si/c1-6-10(2)11-7-14(19(3,4)5)13(9-17)15(18)12(11)8-16/h1,7H,2,18H2,3-5H3. The summed E-state index contributed by atoms with van der Waals surface area (Å²) in [5.74, 6) is 2.43. The van der Waals surface area contributed by atoms with Gasteiger partial charge in [0.05, 0.1) is 24.9 Å². The first-order valence-electron chi connectivity index (χ1n) is 5.71. The summed E-state index contributed by atoms with van der Waals surface area (Å²) >= 11 is 0. The van der Waals surface area contributed by atoms with Gasteiger partial charge in [-0.15, -0.1) is 6.42 Å². The monoisotopic (exact) mass is 265 g/mol. The van der Waals surface area contributed by atoms with E-state index in [-0.39, 0.29) is 11.3 Å². The number of terminal acetylenes is 1. The van der Waals surface area contributed by atoms with Crippen LogP contribution in [-0.2, 0) is 0 Å². The molecule has 1 aromatic rings. The van der Waals surface area contributed by atoms with E-state index in [1.165, 1.54) is 0 Å². The molecule has 4 heteroatoms. The third-order valence-electron chi connectivity index (χ3n) is 2.90. The van der Waals surface area contributed by atoms with Crippen molar-refractivity contribution in [1.29, 1.82) is 10.5 Å². The fraction of sp³-hybridized carbons (Fsp3) is 0.200. The maximum atomic E-state index is 9.29. The van der Waals surface area contributed by atoms with Crippen LogP contribution in [0.3, 0.4) is 0 Å². The average Bonchev–Trinajstić information content (AvgIpc) is 2.35. The Morgan fingerprint density at radius 2 is 1.79 bits per heavy atom. The van der Waals surface area contributed by atoms with Gasteiger partial charge in [-0.05, 0) is 5.19 Å². The molecule has 0 radical (unpaired) electrons. The van der Waals surface area contributed by atoms with Gasteiger partial charge in [-0.1, -0.05) is 38.2 Å². The van der Waals surface area contributed by atoms with Crippen LogP contribution in [0.1, 0.15) is 16.7 Å². The van der Waals surface area contributed by atoms with Crippen LogP contribution >= 0.6 is 0 Å². The Morgan fingerprint density at radius 3 is 2.16 bits per heavy atom. The molecule has 3 nitrogen and oxygen atoms in total. The zero-order chi connectivity index (χ0) is 14.8. The Morgan fingerprint density at radius 1 is 1.26 bits per heavy atom. The highest BCUT2D eigenvalue weighted by molar-refractivity contribution is 6.89. The quantitative estimate of drug-likeness (QED) is 0.506. The number of hydrogen-bond donors (Lipinski definition) is 1. The molecule has 0 aliphatic rings. The number of anilines is 1. The summed E-state index contributed by atoms with van der Waals surface area (Å²) in [7, 11) is -1.78. The van der Waals surface area contributed by atoms with Crippen molar-refractivity contribution in [2.45, 2.75) is 19.6 Å². The highest BCUT2D eigenvalue weighted by Crippen LogP contribution is 2.26. The molecule has 19 heavy (non-hydrogen) atoms. The predicted octanol–water partition coefficient (Wildman–Crippen LogP) is 2.20. The number of nitriles is 2. The Hall–Kier alpha value is -2.48. The SMILES string of the molecule is C#CC(=C)c1cc([Si](C)(C)C)c(C#N)c(N)c1C#N. The molecule has 2 N–H and O–H groups in total. The van der Waals surface area contributed by atoms with E-state index in [0.717, 1.165) is 5.19 Å². The number of nitrogen functional groups attached to an aromatic ring is 1. The van der Waals surface area contributed by atoms with Gasteiger partial charge >= 0.3 is 0 Å². The van der Waals surface area contributed by atoms with Crippen molar-refractivity contribution in [3.05, 3.63) is 29.3 Å². The lowest BCUT2D eigenvalue weighted by Gasteiger charge is -2.21. The fourth-order valence-corrected chi connectivity index (χ4v) is 3.37. The summed E-state index contributed by atoms with van der Waals surface area (Å²) in [5.41, 5.74) is 7.76. The first kappa shape index (κ1) is 14.6. The van der Waals surface area contributed by atoms with E-state index in [2.05, 4.69) is 38.2 Å². The molecule has 0 bridgehead atoms. The number of rotatable bonds is 2. The number of nitrogens with two attached hydrogens (primary N) is 1. The van der Waals surface area contributed by atoms with Gasteiger partial charge in [0, 0.05) is 11.1 Å². The second-order valence-corrected chi connectivity index (χ2v) is 10.3. The van der Waals surface area contributed by atoms with Crippen LogP contribution in [0.5, 0.6) is 0 Å². The smallest absolute Gasteiger partial charge is 0.102 e. The molecule has 0 atom stereocenters. The third kappa shape index (κ3) is 2.52. The summed E-state index contributed by atoms with van der Waals surface area (Å²) in [4.78, 5) is 0. The Balaban J connectivity index is 3.87. The van der Waals surface area contributed by atoms with Gasteiger partial charge in [-0.3, -0.25) is 0 Å². The molecule has 1 aromatic carbocycles. The lowest BCUT2D eigenvalue weighted by Crippen LogP contribution is -2.40. The molecule has 0 aliphatic heterocycles. The fourth-order valence-electron chi connectivity index (χ4n) is 1.85. The van der Waals surface area contributed by atoms with Crippen LogP contribution in [0.15, 0.2) is 12.6 Å². The van der Waals surface area contributed by atoms with Crippen molar-refractivity contribution in [1.82, 2.24) is 0 Å². The van der Waals surface area contributed by atoms with Crippen LogP contribution in [0.2, 0.25) is 19.6 Å². The van der Waals surface area contributed by atoms with Crippen molar-refractivity contribution in [3.8, 4) is 24.5 Å². The molecule has 94 valence electrons. The number of allylic oxidation sites excluding steroid dienone is 1. The predicted molar refractivity (Wildman–Crippen MR) is 81.1 cm³/mol. The molecule has 0 spiro atoms. The molecule has 0 saturated heterocycles. The Bertz CT molecular complexity index is 674. The minimum absolute atomic E-state index is 0.205. The van der Waals surface area contributed by atoms with Crippen molar-refractivity contribution in [3.63, 3.8) is 0 Å². The van der Waals surface area contributed by atoms with Crippen LogP contribution in [0, 0.1) is 35.0 Å². The molecular weight excluding hydrogens is 250 g/mol. The average molecular weight is 265 g/mol. The molecule has 0 aliphatic carbocycles. The summed E-state index contributed by atoms with van der Waals surface area (Å²) < 4.78 is 0. The highest BCUT2D eigenvalue weighted by atomic mass is 28.3. The van der Waals surface area contributed by atoms with Gasteiger partial charge in [-0.25, -0.2) is 0 Å². The van der Waals surface area contributed by atoms with Crippen LogP contribution < -0.4 is 10.9 Å². The van der Waals surface area contributed by atoms with Crippen LogP contribution in [0.4, 0.5) is 5.69 Å². The van der Waals surface area contributed by atoms with Crippen molar-refractivity contribution < 1.29 is 0 Å². The number of nitrogens with zero attached hydrogens (tertiary/aromatic N) is 2. The third-order valence-corrected chi connectivity index (χ3v) is 4.91. The van der Waals surface area contributed by atoms with Gasteiger partial charge in [0.15, 0.2) is 0 Å². The molecule has 0 fully saturated rings. The topological polar surface area (TPSA) is 73.6 Å². The molecule has 0 aromatic heterocycles. The van der Waals surface area contributed by atoms with Crippen molar-refractivity contribution in [2.75, 3.05) is 5.73 Å². The van der Waals surface area contributed by atoms with E-state index in [9.17, 15) is 10.5 Å². The minimum atomic E-state index is -1.78. The van der Waals surface area contributed by atoms with Crippen LogP contribution in [-0.4, -0.2) is 8.07 Å². The zero-order valence-electron chi connectivity index (χ0n) is 11.3. The molecule has 0 heterocycles. The molecule has 0 unspecified atom stereocenters. The van der Waals surface area contributed by atoms with Crippen LogP contribution in [0.25, 0.3) is 5.57 Å². The largest absolute Gasteiger partial charge is 0.397 e. The number of hydrogen-bond acceptors (Lipinski definition) is 3. The van der Waals surface area contributed by atoms with Gasteiger partial charge < -0.3 is 5.73 Å². The van der Waals surface area contributed by atoms with Gasteiger partial charge in [0.25, 0.3) is 0 Å². The summed E-state index contributed by atoms with van der Waals surface area (Å²) in [6, 6.07) is 5.93. The Labute approximate surface area is 115 Å². The number of benzene rings is 1. The second-order valence-electron chi connectivity index (χ2n) is 5.23.